The molecular formula is C23H22N2O4. The number of nitrogens with one attached hydrogen (secondary N) is 1. The summed E-state index contributed by atoms with van der Waals surface area (Å²) in [5.41, 5.74) is 3.36. The van der Waals surface area contributed by atoms with E-state index in [0.717, 1.165) is 22.6 Å². The van der Waals surface area contributed by atoms with E-state index in [-0.39, 0.29) is 18.4 Å². The van der Waals surface area contributed by atoms with E-state index in [4.69, 9.17) is 9.15 Å². The highest BCUT2D eigenvalue weighted by Gasteiger charge is 2.25. The van der Waals surface area contributed by atoms with E-state index < -0.39 is 0 Å². The molecule has 148 valence electrons. The highest BCUT2D eigenvalue weighted by molar-refractivity contribution is 5.94. The molecule has 29 heavy (non-hydrogen) atoms. The quantitative estimate of drug-likeness (QED) is 0.721. The van der Waals surface area contributed by atoms with Gasteiger partial charge in [-0.15, -0.1) is 0 Å². The van der Waals surface area contributed by atoms with E-state index in [0.29, 0.717) is 30.8 Å². The molecule has 2 amide bonds. The van der Waals surface area contributed by atoms with Gasteiger partial charge in [0.15, 0.2) is 0 Å². The number of carbonyl (C=O) groups excluding carboxylic acids is 2. The van der Waals surface area contributed by atoms with Gasteiger partial charge in [0.1, 0.15) is 18.1 Å². The Morgan fingerprint density at radius 3 is 2.59 bits per heavy atom. The van der Waals surface area contributed by atoms with Crippen molar-refractivity contribution in [3.05, 3.63) is 77.6 Å². The second kappa shape index (κ2) is 8.32. The number of hydrogen-bond donors (Lipinski definition) is 1. The van der Waals surface area contributed by atoms with E-state index in [1.165, 1.54) is 7.11 Å². The first-order chi connectivity index (χ1) is 14.1. The van der Waals surface area contributed by atoms with Gasteiger partial charge >= 0.3 is 0 Å². The zero-order valence-electron chi connectivity index (χ0n) is 16.2. The second-order valence-electron chi connectivity index (χ2n) is 6.96. The molecule has 1 aliphatic rings. The topological polar surface area (TPSA) is 71.8 Å². The molecular weight excluding hydrogens is 368 g/mol. The molecule has 0 saturated heterocycles. The fraction of sp³-hybridized carbons (Fsp3) is 0.217. The van der Waals surface area contributed by atoms with Crippen LogP contribution in [-0.2, 0) is 22.5 Å². The minimum absolute atomic E-state index is 0.0187. The number of nitrogens with zero attached hydrogens (tertiary/aromatic N) is 1. The van der Waals surface area contributed by atoms with Gasteiger partial charge < -0.3 is 19.4 Å². The third-order valence-electron chi connectivity index (χ3n) is 4.90. The number of carbonyl (C=O) groups is 2. The van der Waals surface area contributed by atoms with Crippen molar-refractivity contribution in [1.82, 2.24) is 4.90 Å². The van der Waals surface area contributed by atoms with Gasteiger partial charge in [0.25, 0.3) is 5.91 Å². The first-order valence-electron chi connectivity index (χ1n) is 9.49. The zero-order valence-corrected chi connectivity index (χ0v) is 16.2. The molecule has 2 heterocycles. The monoisotopic (exact) mass is 390 g/mol. The van der Waals surface area contributed by atoms with Crippen molar-refractivity contribution in [1.29, 1.82) is 0 Å². The van der Waals surface area contributed by atoms with Crippen molar-refractivity contribution in [3.8, 4) is 11.3 Å². The molecule has 2 aromatic carbocycles. The van der Waals surface area contributed by atoms with Crippen molar-refractivity contribution < 1.29 is 18.7 Å². The van der Waals surface area contributed by atoms with Crippen LogP contribution in [-0.4, -0.2) is 37.0 Å². The van der Waals surface area contributed by atoms with E-state index in [9.17, 15) is 9.59 Å². The summed E-state index contributed by atoms with van der Waals surface area (Å²) in [4.78, 5) is 26.2. The Morgan fingerprint density at radius 1 is 1.10 bits per heavy atom. The maximum absolute atomic E-state index is 12.7. The van der Waals surface area contributed by atoms with Crippen molar-refractivity contribution in [2.45, 2.75) is 13.0 Å². The first-order valence-corrected chi connectivity index (χ1v) is 9.49. The summed E-state index contributed by atoms with van der Waals surface area (Å²) in [5, 5.41) is 2.77. The molecule has 1 aliphatic heterocycles. The minimum Gasteiger partial charge on any atom is -0.461 e. The molecule has 1 aromatic heterocycles. The van der Waals surface area contributed by atoms with E-state index in [2.05, 4.69) is 5.32 Å². The molecule has 0 saturated carbocycles. The summed E-state index contributed by atoms with van der Waals surface area (Å²) in [5.74, 6) is 1.53. The normalized spacial score (nSPS) is 13.1. The van der Waals surface area contributed by atoms with Gasteiger partial charge in [0.05, 0.1) is 0 Å². The Balaban J connectivity index is 1.47. The largest absolute Gasteiger partial charge is 0.461 e. The smallest absolute Gasteiger partial charge is 0.254 e. The summed E-state index contributed by atoms with van der Waals surface area (Å²) < 4.78 is 10.9. The zero-order chi connectivity index (χ0) is 20.2. The van der Waals surface area contributed by atoms with Crippen molar-refractivity contribution >= 4 is 17.5 Å². The van der Waals surface area contributed by atoms with Crippen molar-refractivity contribution in [2.75, 3.05) is 25.6 Å². The van der Waals surface area contributed by atoms with Gasteiger partial charge in [-0.25, -0.2) is 0 Å². The molecule has 0 atom stereocenters. The SMILES string of the molecule is COCC(=O)Nc1ccc(-c2cc3c(o2)CCN(C(=O)c2ccccc2)C3)cc1. The van der Waals surface area contributed by atoms with Crippen LogP contribution in [0.25, 0.3) is 11.3 Å². The Kier molecular flexibility index (Phi) is 5.44. The molecule has 3 aromatic rings. The lowest BCUT2D eigenvalue weighted by molar-refractivity contribution is -0.119. The van der Waals surface area contributed by atoms with Crippen molar-refractivity contribution in [3.63, 3.8) is 0 Å². The Labute approximate surface area is 169 Å². The number of benzene rings is 2. The second-order valence-corrected chi connectivity index (χ2v) is 6.96. The molecule has 0 spiro atoms. The predicted octanol–water partition coefficient (Wildman–Crippen LogP) is 3.73. The third-order valence-corrected chi connectivity index (χ3v) is 4.90. The molecule has 0 bridgehead atoms. The average molecular weight is 390 g/mol. The number of methoxy groups -OCH3 is 1. The van der Waals surface area contributed by atoms with E-state index in [1.807, 2.05) is 65.6 Å². The van der Waals surface area contributed by atoms with E-state index in [1.54, 1.807) is 0 Å². The lowest BCUT2D eigenvalue weighted by Gasteiger charge is -2.26. The van der Waals surface area contributed by atoms with Gasteiger partial charge in [-0.1, -0.05) is 18.2 Å². The summed E-state index contributed by atoms with van der Waals surface area (Å²) >= 11 is 0. The third kappa shape index (κ3) is 4.22. The fourth-order valence-electron chi connectivity index (χ4n) is 3.46. The lowest BCUT2D eigenvalue weighted by atomic mass is 10.1. The van der Waals surface area contributed by atoms with Gasteiger partial charge in [0.2, 0.25) is 5.91 Å². The van der Waals surface area contributed by atoms with Gasteiger partial charge in [-0.3, -0.25) is 9.59 Å². The number of hydrogen-bond acceptors (Lipinski definition) is 4. The molecule has 0 aliphatic carbocycles. The first kappa shape index (κ1) is 19.0. The lowest BCUT2D eigenvalue weighted by Crippen LogP contribution is -2.35. The molecule has 1 N–H and O–H groups in total. The molecule has 6 heteroatoms. The number of rotatable bonds is 5. The Hall–Kier alpha value is -3.38. The summed E-state index contributed by atoms with van der Waals surface area (Å²) in [6.07, 6.45) is 0.694. The number of furan rings is 1. The maximum atomic E-state index is 12.7. The fourth-order valence-corrected chi connectivity index (χ4v) is 3.46. The van der Waals surface area contributed by atoms with Crippen LogP contribution < -0.4 is 5.32 Å². The van der Waals surface area contributed by atoms with Crippen LogP contribution in [0.15, 0.2) is 65.1 Å². The maximum Gasteiger partial charge on any atom is 0.254 e. The Bertz CT molecular complexity index is 1010. The standard InChI is InChI=1S/C23H22N2O4/c1-28-15-22(26)24-19-9-7-16(8-10-19)21-13-18-14-25(12-11-20(18)29-21)23(27)17-5-3-2-4-6-17/h2-10,13H,11-12,14-15H2,1H3,(H,24,26). The van der Waals surface area contributed by atoms with Crippen molar-refractivity contribution in [2.24, 2.45) is 0 Å². The van der Waals surface area contributed by atoms with Crippen LogP contribution in [0.1, 0.15) is 21.7 Å². The number of ether oxygens (including phenoxy) is 1. The van der Waals surface area contributed by atoms with Crippen LogP contribution in [0.5, 0.6) is 0 Å². The summed E-state index contributed by atoms with van der Waals surface area (Å²) in [7, 11) is 1.48. The molecule has 0 unspecified atom stereocenters. The highest BCUT2D eigenvalue weighted by atomic mass is 16.5. The van der Waals surface area contributed by atoms with E-state index >= 15 is 0 Å². The van der Waals surface area contributed by atoms with Gasteiger partial charge in [-0.05, 0) is 42.5 Å². The summed E-state index contributed by atoms with van der Waals surface area (Å²) in [6, 6.07) is 18.8. The predicted molar refractivity (Wildman–Crippen MR) is 110 cm³/mol. The molecule has 4 rings (SSSR count). The van der Waals surface area contributed by atoms with Crippen LogP contribution in [0.2, 0.25) is 0 Å². The minimum atomic E-state index is -0.197. The van der Waals surface area contributed by atoms with Crippen LogP contribution >= 0.6 is 0 Å². The molecule has 6 nitrogen and oxygen atoms in total. The molecule has 0 radical (unpaired) electrons. The van der Waals surface area contributed by atoms with Crippen LogP contribution in [0.3, 0.4) is 0 Å². The Morgan fingerprint density at radius 2 is 1.86 bits per heavy atom. The van der Waals surface area contributed by atoms with Gasteiger partial charge in [-0.2, -0.15) is 0 Å². The molecule has 0 fully saturated rings. The summed E-state index contributed by atoms with van der Waals surface area (Å²) in [6.45, 7) is 1.20. The number of anilines is 1. The number of fused-ring (bicyclic) bond motifs is 1. The highest BCUT2D eigenvalue weighted by Crippen LogP contribution is 2.30. The van der Waals surface area contributed by atoms with Crippen LogP contribution in [0, 0.1) is 0 Å². The number of amides is 2. The average Bonchev–Trinajstić information content (AvgIpc) is 3.18. The van der Waals surface area contributed by atoms with Gasteiger partial charge in [0, 0.05) is 49.0 Å². The van der Waals surface area contributed by atoms with Crippen LogP contribution in [0.4, 0.5) is 5.69 Å².